The van der Waals surface area contributed by atoms with Gasteiger partial charge in [0.2, 0.25) is 0 Å². The normalized spacial score (nSPS) is 10.7. The van der Waals surface area contributed by atoms with Crippen molar-refractivity contribution < 1.29 is 14.6 Å². The Kier molecular flexibility index (Phi) is 5.64. The molecule has 0 aliphatic rings. The molecule has 0 unspecified atom stereocenters. The van der Waals surface area contributed by atoms with Gasteiger partial charge in [0, 0.05) is 16.3 Å². The van der Waals surface area contributed by atoms with Crippen LogP contribution in [0.5, 0.6) is 5.75 Å². The lowest BCUT2D eigenvalue weighted by molar-refractivity contribution is -0.137. The zero-order valence-corrected chi connectivity index (χ0v) is 15.2. The van der Waals surface area contributed by atoms with E-state index in [1.165, 1.54) is 0 Å². The molecule has 1 heterocycles. The average Bonchev–Trinajstić information content (AvgIpc) is 3.03. The molecule has 3 aromatic rings. The third-order valence-electron chi connectivity index (χ3n) is 4.05. The van der Waals surface area contributed by atoms with E-state index in [2.05, 4.69) is 6.92 Å². The van der Waals surface area contributed by atoms with Crippen molar-refractivity contribution >= 4 is 17.6 Å². The third-order valence-corrected chi connectivity index (χ3v) is 4.38. The molecule has 0 saturated heterocycles. The van der Waals surface area contributed by atoms with Gasteiger partial charge in [-0.2, -0.15) is 0 Å². The molecule has 0 radical (unpaired) electrons. The zero-order chi connectivity index (χ0) is 18.5. The summed E-state index contributed by atoms with van der Waals surface area (Å²) in [7, 11) is 0. The molecule has 1 N–H and O–H groups in total. The van der Waals surface area contributed by atoms with Crippen molar-refractivity contribution in [2.24, 2.45) is 0 Å². The summed E-state index contributed by atoms with van der Waals surface area (Å²) in [6.45, 7) is 2.59. The molecule has 3 rings (SSSR count). The summed E-state index contributed by atoms with van der Waals surface area (Å²) >= 11 is 6.31. The van der Waals surface area contributed by atoms with Gasteiger partial charge in [-0.25, -0.2) is 0 Å². The Morgan fingerprint density at radius 3 is 2.38 bits per heavy atom. The first-order valence-corrected chi connectivity index (χ1v) is 8.87. The van der Waals surface area contributed by atoms with Gasteiger partial charge >= 0.3 is 5.97 Å². The summed E-state index contributed by atoms with van der Waals surface area (Å²) in [4.78, 5) is 11.4. The second-order valence-corrected chi connectivity index (χ2v) is 6.34. The second kappa shape index (κ2) is 8.11. The number of ether oxygens (including phenoxy) is 1. The average molecular weight is 370 g/mol. The number of carboxylic acids is 1. The van der Waals surface area contributed by atoms with E-state index < -0.39 is 5.97 Å². The molecule has 0 atom stereocenters. The first-order chi connectivity index (χ1) is 12.6. The van der Waals surface area contributed by atoms with Crippen LogP contribution in [0, 0.1) is 0 Å². The fourth-order valence-electron chi connectivity index (χ4n) is 2.87. The SMILES string of the molecule is CCCOc1ccc(-c2ccc(-c3ccccc3Cl)n2CC(=O)O)cc1. The molecule has 4 nitrogen and oxygen atoms in total. The summed E-state index contributed by atoms with van der Waals surface area (Å²) in [5.41, 5.74) is 3.33. The fraction of sp³-hybridized carbons (Fsp3) is 0.190. The molecule has 5 heteroatoms. The highest BCUT2D eigenvalue weighted by molar-refractivity contribution is 6.33. The van der Waals surface area contributed by atoms with Crippen LogP contribution in [-0.4, -0.2) is 22.2 Å². The number of aromatic nitrogens is 1. The van der Waals surface area contributed by atoms with Crippen molar-refractivity contribution in [3.63, 3.8) is 0 Å². The standard InChI is InChI=1S/C21H20ClNO3/c1-2-13-26-16-9-7-15(8-10-16)19-11-12-20(23(19)14-21(24)25)17-5-3-4-6-18(17)22/h3-12H,2,13-14H2,1H3,(H,24,25). The first kappa shape index (κ1) is 18.1. The summed E-state index contributed by atoms with van der Waals surface area (Å²) in [6, 6.07) is 18.9. The maximum absolute atomic E-state index is 11.4. The van der Waals surface area contributed by atoms with Crippen LogP contribution in [0.15, 0.2) is 60.7 Å². The Morgan fingerprint density at radius 2 is 1.73 bits per heavy atom. The Morgan fingerprint density at radius 1 is 1.04 bits per heavy atom. The van der Waals surface area contributed by atoms with Crippen molar-refractivity contribution in [3.8, 4) is 28.3 Å². The van der Waals surface area contributed by atoms with Crippen LogP contribution in [0.3, 0.4) is 0 Å². The number of carboxylic acid groups (broad SMARTS) is 1. The second-order valence-electron chi connectivity index (χ2n) is 5.94. The number of aliphatic carboxylic acids is 1. The highest BCUT2D eigenvalue weighted by Gasteiger charge is 2.16. The van der Waals surface area contributed by atoms with Gasteiger partial charge in [0.05, 0.1) is 12.3 Å². The fourth-order valence-corrected chi connectivity index (χ4v) is 3.10. The van der Waals surface area contributed by atoms with Crippen LogP contribution in [-0.2, 0) is 11.3 Å². The number of benzene rings is 2. The summed E-state index contributed by atoms with van der Waals surface area (Å²) in [5, 5.41) is 9.95. The number of halogens is 1. The van der Waals surface area contributed by atoms with Crippen LogP contribution in [0.1, 0.15) is 13.3 Å². The van der Waals surface area contributed by atoms with E-state index in [0.29, 0.717) is 11.6 Å². The smallest absolute Gasteiger partial charge is 0.323 e. The van der Waals surface area contributed by atoms with Crippen LogP contribution < -0.4 is 4.74 Å². The minimum absolute atomic E-state index is 0.142. The highest BCUT2D eigenvalue weighted by atomic mass is 35.5. The van der Waals surface area contributed by atoms with E-state index in [4.69, 9.17) is 16.3 Å². The lowest BCUT2D eigenvalue weighted by Crippen LogP contribution is -2.11. The maximum Gasteiger partial charge on any atom is 0.323 e. The lowest BCUT2D eigenvalue weighted by atomic mass is 10.1. The molecule has 0 saturated carbocycles. The van der Waals surface area contributed by atoms with Crippen LogP contribution in [0.2, 0.25) is 5.02 Å². The van der Waals surface area contributed by atoms with Gasteiger partial charge in [-0.15, -0.1) is 0 Å². The Balaban J connectivity index is 2.02. The molecule has 0 amide bonds. The lowest BCUT2D eigenvalue weighted by Gasteiger charge is -2.13. The van der Waals surface area contributed by atoms with E-state index in [1.807, 2.05) is 54.6 Å². The van der Waals surface area contributed by atoms with Gasteiger partial charge in [-0.1, -0.05) is 36.7 Å². The zero-order valence-electron chi connectivity index (χ0n) is 14.5. The molecule has 0 aliphatic carbocycles. The van der Waals surface area contributed by atoms with E-state index >= 15 is 0 Å². The molecular formula is C21H20ClNO3. The van der Waals surface area contributed by atoms with Crippen LogP contribution in [0.4, 0.5) is 0 Å². The maximum atomic E-state index is 11.4. The van der Waals surface area contributed by atoms with Gasteiger partial charge in [-0.05, 0) is 54.4 Å². The van der Waals surface area contributed by atoms with Gasteiger partial charge in [-0.3, -0.25) is 4.79 Å². The highest BCUT2D eigenvalue weighted by Crippen LogP contribution is 2.33. The molecule has 0 fully saturated rings. The monoisotopic (exact) mass is 369 g/mol. The summed E-state index contributed by atoms with van der Waals surface area (Å²) in [6.07, 6.45) is 0.949. The molecule has 0 spiro atoms. The first-order valence-electron chi connectivity index (χ1n) is 8.49. The van der Waals surface area contributed by atoms with Crippen molar-refractivity contribution in [1.29, 1.82) is 0 Å². The Bertz CT molecular complexity index is 900. The van der Waals surface area contributed by atoms with Crippen LogP contribution in [0.25, 0.3) is 22.5 Å². The van der Waals surface area contributed by atoms with E-state index in [0.717, 1.165) is 34.7 Å². The van der Waals surface area contributed by atoms with E-state index in [1.54, 1.807) is 10.6 Å². The minimum atomic E-state index is -0.904. The summed E-state index contributed by atoms with van der Waals surface area (Å²) < 4.78 is 7.38. The predicted molar refractivity (Wildman–Crippen MR) is 104 cm³/mol. The number of rotatable bonds is 7. The number of nitrogens with zero attached hydrogens (tertiary/aromatic N) is 1. The van der Waals surface area contributed by atoms with Gasteiger partial charge in [0.25, 0.3) is 0 Å². The van der Waals surface area contributed by atoms with Gasteiger partial charge in [0.1, 0.15) is 12.3 Å². The van der Waals surface area contributed by atoms with Gasteiger partial charge in [0.15, 0.2) is 0 Å². The van der Waals surface area contributed by atoms with Crippen molar-refractivity contribution in [1.82, 2.24) is 4.57 Å². The van der Waals surface area contributed by atoms with Crippen molar-refractivity contribution in [3.05, 3.63) is 65.7 Å². The molecule has 134 valence electrons. The molecule has 26 heavy (non-hydrogen) atoms. The molecule has 0 bridgehead atoms. The number of carbonyl (C=O) groups is 1. The van der Waals surface area contributed by atoms with Gasteiger partial charge < -0.3 is 14.4 Å². The molecule has 0 aliphatic heterocycles. The molecule has 2 aromatic carbocycles. The van der Waals surface area contributed by atoms with Crippen molar-refractivity contribution in [2.75, 3.05) is 6.61 Å². The van der Waals surface area contributed by atoms with E-state index in [9.17, 15) is 9.90 Å². The summed E-state index contributed by atoms with van der Waals surface area (Å²) in [5.74, 6) is -0.100. The number of hydrogen-bond acceptors (Lipinski definition) is 2. The molecule has 1 aromatic heterocycles. The van der Waals surface area contributed by atoms with Crippen molar-refractivity contribution in [2.45, 2.75) is 19.9 Å². The molecular weight excluding hydrogens is 350 g/mol. The number of hydrogen-bond donors (Lipinski definition) is 1. The minimum Gasteiger partial charge on any atom is -0.494 e. The van der Waals surface area contributed by atoms with E-state index in [-0.39, 0.29) is 6.54 Å². The van der Waals surface area contributed by atoms with Crippen LogP contribution >= 0.6 is 11.6 Å². The largest absolute Gasteiger partial charge is 0.494 e. The third kappa shape index (κ3) is 3.92. The topological polar surface area (TPSA) is 51.5 Å². The predicted octanol–water partition coefficient (Wildman–Crippen LogP) is 5.35. The Labute approximate surface area is 157 Å². The quantitative estimate of drug-likeness (QED) is 0.610. The Hall–Kier alpha value is -2.72.